The molecule has 0 aliphatic carbocycles. The third kappa shape index (κ3) is 5.60. The third-order valence-electron chi connectivity index (χ3n) is 5.60. The third-order valence-corrected chi connectivity index (χ3v) is 5.60. The minimum atomic E-state index is -0.668. The van der Waals surface area contributed by atoms with Crippen LogP contribution in [-0.4, -0.2) is 37.2 Å². The Bertz CT molecular complexity index is 1140. The number of hydrogen-bond acceptors (Lipinski definition) is 6. The Morgan fingerprint density at radius 3 is 2.38 bits per heavy atom. The lowest BCUT2D eigenvalue weighted by molar-refractivity contribution is 0.0999. The van der Waals surface area contributed by atoms with Crippen LogP contribution in [0.25, 0.3) is 0 Å². The molecular weight excluding hydrogens is 440 g/mol. The fourth-order valence-electron chi connectivity index (χ4n) is 3.97. The second-order valence-electron chi connectivity index (χ2n) is 8.00. The molecule has 0 spiro atoms. The smallest absolute Gasteiger partial charge is 0.252 e. The average Bonchev–Trinajstić information content (AvgIpc) is 2.82. The standard InChI is InChI=1S/C25H27F2N5O2/c1-2-21-24(25(28)33)22(29-15-16-11-17(26)13-18(27)12-16)14-23(31-21)30-19-3-5-20(6-4-19)32-7-9-34-10-8-32/h3-6,11-14H,2,7-10,15H2,1H3,(H2,28,33)(H2,29,30,31). The Balaban J connectivity index is 1.57. The van der Waals surface area contributed by atoms with Crippen molar-refractivity contribution in [2.75, 3.05) is 41.8 Å². The molecule has 7 nitrogen and oxygen atoms in total. The number of morpholine rings is 1. The first-order valence-corrected chi connectivity index (χ1v) is 11.1. The first-order chi connectivity index (χ1) is 16.4. The number of halogens is 2. The molecule has 3 aromatic rings. The average molecular weight is 468 g/mol. The Labute approximate surface area is 196 Å². The predicted octanol–water partition coefficient (Wildman–Crippen LogP) is 4.21. The highest BCUT2D eigenvalue weighted by molar-refractivity contribution is 6.00. The van der Waals surface area contributed by atoms with E-state index in [1.54, 1.807) is 6.07 Å². The molecule has 4 rings (SSSR count). The van der Waals surface area contributed by atoms with Gasteiger partial charge in [0.2, 0.25) is 0 Å². The van der Waals surface area contributed by atoms with Crippen LogP contribution < -0.4 is 21.3 Å². The second kappa shape index (κ2) is 10.5. The molecule has 0 radical (unpaired) electrons. The van der Waals surface area contributed by atoms with Crippen molar-refractivity contribution in [1.29, 1.82) is 0 Å². The number of pyridine rings is 1. The molecule has 1 saturated heterocycles. The summed E-state index contributed by atoms with van der Waals surface area (Å²) in [6.07, 6.45) is 0.479. The summed E-state index contributed by atoms with van der Waals surface area (Å²) in [6, 6.07) is 12.9. The quantitative estimate of drug-likeness (QED) is 0.460. The predicted molar refractivity (Wildman–Crippen MR) is 129 cm³/mol. The number of benzene rings is 2. The molecule has 0 unspecified atom stereocenters. The summed E-state index contributed by atoms with van der Waals surface area (Å²) in [6.45, 7) is 5.12. The molecule has 4 N–H and O–H groups in total. The van der Waals surface area contributed by atoms with Crippen LogP contribution in [0.3, 0.4) is 0 Å². The summed E-state index contributed by atoms with van der Waals surface area (Å²) < 4.78 is 32.5. The number of carbonyl (C=O) groups excluding carboxylic acids is 1. The van der Waals surface area contributed by atoms with Crippen molar-refractivity contribution in [2.24, 2.45) is 5.73 Å². The minimum Gasteiger partial charge on any atom is -0.380 e. The zero-order chi connectivity index (χ0) is 24.1. The van der Waals surface area contributed by atoms with Crippen LogP contribution in [0.15, 0.2) is 48.5 Å². The van der Waals surface area contributed by atoms with Gasteiger partial charge in [0.25, 0.3) is 5.91 Å². The maximum Gasteiger partial charge on any atom is 0.252 e. The Kier molecular flexibility index (Phi) is 7.22. The number of aryl methyl sites for hydroxylation is 1. The van der Waals surface area contributed by atoms with E-state index < -0.39 is 17.5 Å². The number of ether oxygens (including phenoxy) is 1. The monoisotopic (exact) mass is 467 g/mol. The molecule has 0 saturated carbocycles. The number of aromatic nitrogens is 1. The number of carbonyl (C=O) groups is 1. The summed E-state index contributed by atoms with van der Waals surface area (Å²) in [5, 5.41) is 6.35. The van der Waals surface area contributed by atoms with Gasteiger partial charge in [0.05, 0.1) is 30.2 Å². The zero-order valence-corrected chi connectivity index (χ0v) is 18.9. The number of rotatable bonds is 8. The van der Waals surface area contributed by atoms with Crippen LogP contribution in [-0.2, 0) is 17.7 Å². The highest BCUT2D eigenvalue weighted by Crippen LogP contribution is 2.27. The number of nitrogens with one attached hydrogen (secondary N) is 2. The molecule has 1 fully saturated rings. The van der Waals surface area contributed by atoms with Crippen molar-refractivity contribution in [3.8, 4) is 0 Å². The van der Waals surface area contributed by atoms with Crippen LogP contribution in [0.5, 0.6) is 0 Å². The van der Waals surface area contributed by atoms with E-state index >= 15 is 0 Å². The fourth-order valence-corrected chi connectivity index (χ4v) is 3.97. The van der Waals surface area contributed by atoms with Gasteiger partial charge in [0.15, 0.2) is 0 Å². The first kappa shape index (κ1) is 23.4. The largest absolute Gasteiger partial charge is 0.380 e. The lowest BCUT2D eigenvalue weighted by Crippen LogP contribution is -2.36. The number of primary amides is 1. The van der Waals surface area contributed by atoms with Gasteiger partial charge in [-0.2, -0.15) is 0 Å². The topological polar surface area (TPSA) is 92.5 Å². The molecular formula is C25H27F2N5O2. The summed E-state index contributed by atoms with van der Waals surface area (Å²) in [5.74, 6) is -1.44. The van der Waals surface area contributed by atoms with E-state index in [9.17, 15) is 13.6 Å². The SMILES string of the molecule is CCc1nc(Nc2ccc(N3CCOCC3)cc2)cc(NCc2cc(F)cc(F)c2)c1C(N)=O. The lowest BCUT2D eigenvalue weighted by atomic mass is 10.1. The van der Waals surface area contributed by atoms with Gasteiger partial charge in [-0.3, -0.25) is 4.79 Å². The number of hydrogen-bond donors (Lipinski definition) is 3. The van der Waals surface area contributed by atoms with Gasteiger partial charge in [-0.15, -0.1) is 0 Å². The molecule has 2 heterocycles. The number of amides is 1. The Morgan fingerprint density at radius 2 is 1.76 bits per heavy atom. The van der Waals surface area contributed by atoms with E-state index in [1.807, 2.05) is 31.2 Å². The van der Waals surface area contributed by atoms with Gasteiger partial charge in [-0.05, 0) is 48.4 Å². The van der Waals surface area contributed by atoms with Gasteiger partial charge < -0.3 is 26.0 Å². The number of anilines is 4. The highest BCUT2D eigenvalue weighted by Gasteiger charge is 2.17. The van der Waals surface area contributed by atoms with Crippen molar-refractivity contribution in [1.82, 2.24) is 4.98 Å². The maximum atomic E-state index is 13.6. The Morgan fingerprint density at radius 1 is 1.09 bits per heavy atom. The lowest BCUT2D eigenvalue weighted by Gasteiger charge is -2.29. The van der Waals surface area contributed by atoms with Crippen LogP contribution in [0.4, 0.5) is 31.7 Å². The van der Waals surface area contributed by atoms with Gasteiger partial charge in [-0.1, -0.05) is 6.92 Å². The van der Waals surface area contributed by atoms with Crippen molar-refractivity contribution in [3.05, 3.63) is 77.0 Å². The molecule has 1 aliphatic rings. The van der Waals surface area contributed by atoms with Gasteiger partial charge in [-0.25, -0.2) is 13.8 Å². The van der Waals surface area contributed by atoms with E-state index in [-0.39, 0.29) is 12.1 Å². The molecule has 2 aromatic carbocycles. The van der Waals surface area contributed by atoms with Gasteiger partial charge in [0.1, 0.15) is 17.5 Å². The molecule has 34 heavy (non-hydrogen) atoms. The summed E-state index contributed by atoms with van der Waals surface area (Å²) >= 11 is 0. The number of nitrogens with zero attached hydrogens (tertiary/aromatic N) is 2. The van der Waals surface area contributed by atoms with E-state index in [1.165, 1.54) is 12.1 Å². The van der Waals surface area contributed by atoms with Crippen molar-refractivity contribution >= 4 is 28.8 Å². The molecule has 178 valence electrons. The molecule has 1 aliphatic heterocycles. The van der Waals surface area contributed by atoms with Crippen molar-refractivity contribution < 1.29 is 18.3 Å². The fraction of sp³-hybridized carbons (Fsp3) is 0.280. The van der Waals surface area contributed by atoms with Crippen LogP contribution in [0, 0.1) is 11.6 Å². The van der Waals surface area contributed by atoms with E-state index in [0.29, 0.717) is 42.4 Å². The highest BCUT2D eigenvalue weighted by atomic mass is 19.1. The molecule has 9 heteroatoms. The van der Waals surface area contributed by atoms with Crippen LogP contribution in [0.1, 0.15) is 28.5 Å². The summed E-state index contributed by atoms with van der Waals surface area (Å²) in [5.41, 5.74) is 9.19. The van der Waals surface area contributed by atoms with Crippen molar-refractivity contribution in [3.63, 3.8) is 0 Å². The van der Waals surface area contributed by atoms with Crippen LogP contribution in [0.2, 0.25) is 0 Å². The van der Waals surface area contributed by atoms with E-state index in [2.05, 4.69) is 20.5 Å². The number of nitrogens with two attached hydrogens (primary N) is 1. The molecule has 0 atom stereocenters. The second-order valence-corrected chi connectivity index (χ2v) is 8.00. The van der Waals surface area contributed by atoms with Crippen molar-refractivity contribution in [2.45, 2.75) is 19.9 Å². The molecule has 1 amide bonds. The summed E-state index contributed by atoms with van der Waals surface area (Å²) in [7, 11) is 0. The molecule has 1 aromatic heterocycles. The Hall–Kier alpha value is -3.72. The summed E-state index contributed by atoms with van der Waals surface area (Å²) in [4.78, 5) is 19.0. The maximum absolute atomic E-state index is 13.6. The van der Waals surface area contributed by atoms with Crippen LogP contribution >= 0.6 is 0 Å². The zero-order valence-electron chi connectivity index (χ0n) is 18.9. The minimum absolute atomic E-state index is 0.107. The van der Waals surface area contributed by atoms with E-state index in [0.717, 1.165) is 30.5 Å². The first-order valence-electron chi connectivity index (χ1n) is 11.1. The molecule has 0 bridgehead atoms. The van der Waals surface area contributed by atoms with Gasteiger partial charge in [0, 0.05) is 43.1 Å². The van der Waals surface area contributed by atoms with E-state index in [4.69, 9.17) is 10.5 Å². The van der Waals surface area contributed by atoms with Gasteiger partial charge >= 0.3 is 0 Å². The normalized spacial score (nSPS) is 13.6.